The average Bonchev–Trinajstić information content (AvgIpc) is 2.90. The molecule has 1 aliphatic rings. The van der Waals surface area contributed by atoms with Crippen LogP contribution < -0.4 is 0 Å². The highest BCUT2D eigenvalue weighted by Gasteiger charge is 2.39. The molecule has 4 atom stereocenters. The number of aliphatic hydroxyl groups is 2. The number of Topliss-reactive ketones (excluding diaryl/α,β-unsaturated/α-hetero) is 1. The van der Waals surface area contributed by atoms with Gasteiger partial charge in [0, 0.05) is 12.3 Å². The van der Waals surface area contributed by atoms with Crippen molar-refractivity contribution in [1.29, 1.82) is 0 Å². The molecule has 0 aromatic heterocycles. The zero-order valence-electron chi connectivity index (χ0n) is 17.3. The maximum atomic E-state index is 12.6. The third-order valence-corrected chi connectivity index (χ3v) is 5.55. The van der Waals surface area contributed by atoms with Gasteiger partial charge in [-0.2, -0.15) is 0 Å². The predicted octanol–water partition coefficient (Wildman–Crippen LogP) is 3.95. The summed E-state index contributed by atoms with van der Waals surface area (Å²) in [4.78, 5) is 23.6. The minimum absolute atomic E-state index is 0.0733. The Morgan fingerprint density at radius 1 is 1.26 bits per heavy atom. The van der Waals surface area contributed by atoms with Crippen LogP contribution in [0.3, 0.4) is 0 Å². The number of hydrogen-bond acceptors (Lipinski definition) is 5. The molecule has 0 radical (unpaired) electrons. The van der Waals surface area contributed by atoms with Crippen LogP contribution in [0.2, 0.25) is 0 Å². The van der Waals surface area contributed by atoms with Gasteiger partial charge in [0.25, 0.3) is 0 Å². The summed E-state index contributed by atoms with van der Waals surface area (Å²) in [5.41, 5.74) is -0.747. The quantitative estimate of drug-likeness (QED) is 0.286. The molecule has 0 saturated heterocycles. The van der Waals surface area contributed by atoms with E-state index in [-0.39, 0.29) is 17.7 Å². The van der Waals surface area contributed by atoms with E-state index >= 15 is 0 Å². The highest BCUT2D eigenvalue weighted by atomic mass is 16.5. The van der Waals surface area contributed by atoms with E-state index < -0.39 is 17.6 Å². The zero-order valence-corrected chi connectivity index (χ0v) is 17.3. The van der Waals surface area contributed by atoms with Crippen molar-refractivity contribution in [2.24, 2.45) is 11.8 Å². The van der Waals surface area contributed by atoms with E-state index in [2.05, 4.69) is 11.7 Å². The number of ketones is 1. The maximum absolute atomic E-state index is 12.6. The molecule has 0 aromatic carbocycles. The molecule has 1 rings (SSSR count). The molecule has 2 N–H and O–H groups in total. The third kappa shape index (κ3) is 9.02. The molecule has 0 heterocycles. The molecule has 0 aliphatic heterocycles. The molecule has 1 saturated carbocycles. The average molecular weight is 383 g/mol. The van der Waals surface area contributed by atoms with Crippen LogP contribution >= 0.6 is 0 Å². The molecule has 5 nitrogen and oxygen atoms in total. The topological polar surface area (TPSA) is 83.8 Å². The van der Waals surface area contributed by atoms with Crippen molar-refractivity contribution in [1.82, 2.24) is 0 Å². The fraction of sp³-hybridized carbons (Fsp3) is 0.818. The third-order valence-electron chi connectivity index (χ3n) is 5.55. The summed E-state index contributed by atoms with van der Waals surface area (Å²) in [6.07, 6.45) is 11.8. The first-order chi connectivity index (χ1) is 12.8. The molecule has 5 heteroatoms. The zero-order chi connectivity index (χ0) is 20.3. The Morgan fingerprint density at radius 3 is 2.63 bits per heavy atom. The van der Waals surface area contributed by atoms with Crippen LogP contribution in [-0.2, 0) is 14.3 Å². The van der Waals surface area contributed by atoms with Gasteiger partial charge in [0.05, 0.1) is 24.7 Å². The van der Waals surface area contributed by atoms with Gasteiger partial charge in [-0.05, 0) is 39.0 Å². The molecule has 27 heavy (non-hydrogen) atoms. The van der Waals surface area contributed by atoms with E-state index in [9.17, 15) is 19.8 Å². The van der Waals surface area contributed by atoms with Crippen LogP contribution in [0.1, 0.15) is 84.5 Å². The van der Waals surface area contributed by atoms with Crippen molar-refractivity contribution in [3.63, 3.8) is 0 Å². The highest BCUT2D eigenvalue weighted by molar-refractivity contribution is 5.87. The standard InChI is InChI=1S/C22H38O5/c1-4-5-14-22(2,26)15-10-12-18-19(23)16-17(21(18)25)11-8-6-7-9-13-20(24)27-3/h10,12,17-19,23,26H,4-9,11,13-16H2,1-3H3/t17-,18-,19-,22?/m1/s1. The molecule has 0 spiro atoms. The predicted molar refractivity (Wildman–Crippen MR) is 106 cm³/mol. The van der Waals surface area contributed by atoms with Gasteiger partial charge in [-0.1, -0.05) is 51.2 Å². The highest BCUT2D eigenvalue weighted by Crippen LogP contribution is 2.33. The van der Waals surface area contributed by atoms with E-state index in [4.69, 9.17) is 0 Å². The number of unbranched alkanes of at least 4 members (excludes halogenated alkanes) is 4. The number of carbonyl (C=O) groups is 2. The van der Waals surface area contributed by atoms with Crippen LogP contribution in [0, 0.1) is 11.8 Å². The molecular formula is C22H38O5. The largest absolute Gasteiger partial charge is 0.469 e. The summed E-state index contributed by atoms with van der Waals surface area (Å²) >= 11 is 0. The Labute approximate surface area is 164 Å². The summed E-state index contributed by atoms with van der Waals surface area (Å²) < 4.78 is 4.61. The number of esters is 1. The van der Waals surface area contributed by atoms with Gasteiger partial charge in [0.2, 0.25) is 0 Å². The van der Waals surface area contributed by atoms with Gasteiger partial charge in [0.1, 0.15) is 5.78 Å². The lowest BCUT2D eigenvalue weighted by molar-refractivity contribution is -0.140. The van der Waals surface area contributed by atoms with E-state index in [0.29, 0.717) is 19.3 Å². The van der Waals surface area contributed by atoms with Gasteiger partial charge >= 0.3 is 5.97 Å². The molecule has 1 fully saturated rings. The van der Waals surface area contributed by atoms with Crippen molar-refractivity contribution in [3.8, 4) is 0 Å². The Kier molecular flexibility index (Phi) is 10.9. The Balaban J connectivity index is 2.32. The number of hydrogen-bond donors (Lipinski definition) is 2. The van der Waals surface area contributed by atoms with E-state index in [1.807, 2.05) is 13.0 Å². The first-order valence-corrected chi connectivity index (χ1v) is 10.5. The SMILES string of the molecule is CCCCC(C)(O)CC=C[C@H]1C(=O)[C@H](CCCCCCC(=O)OC)C[C@H]1O. The lowest BCUT2D eigenvalue weighted by Crippen LogP contribution is -2.23. The Morgan fingerprint density at radius 2 is 1.96 bits per heavy atom. The fourth-order valence-electron chi connectivity index (χ4n) is 3.74. The van der Waals surface area contributed by atoms with Crippen molar-refractivity contribution < 1.29 is 24.5 Å². The molecule has 156 valence electrons. The van der Waals surface area contributed by atoms with Gasteiger partial charge < -0.3 is 14.9 Å². The van der Waals surface area contributed by atoms with Crippen molar-refractivity contribution >= 4 is 11.8 Å². The maximum Gasteiger partial charge on any atom is 0.305 e. The molecule has 1 aliphatic carbocycles. The minimum atomic E-state index is -0.747. The summed E-state index contributed by atoms with van der Waals surface area (Å²) in [6, 6.07) is 0. The summed E-state index contributed by atoms with van der Waals surface area (Å²) in [5, 5.41) is 20.6. The first-order valence-electron chi connectivity index (χ1n) is 10.5. The van der Waals surface area contributed by atoms with Crippen molar-refractivity contribution in [2.75, 3.05) is 7.11 Å². The fourth-order valence-corrected chi connectivity index (χ4v) is 3.74. The van der Waals surface area contributed by atoms with E-state index in [1.165, 1.54) is 7.11 Å². The van der Waals surface area contributed by atoms with Crippen LogP contribution in [0.25, 0.3) is 0 Å². The van der Waals surface area contributed by atoms with Crippen molar-refractivity contribution in [3.05, 3.63) is 12.2 Å². The second kappa shape index (κ2) is 12.3. The van der Waals surface area contributed by atoms with Crippen LogP contribution in [-0.4, -0.2) is 40.8 Å². The minimum Gasteiger partial charge on any atom is -0.469 e. The molecule has 0 bridgehead atoms. The summed E-state index contributed by atoms with van der Waals surface area (Å²) in [5.74, 6) is -0.555. The summed E-state index contributed by atoms with van der Waals surface area (Å²) in [6.45, 7) is 3.92. The number of rotatable bonds is 13. The van der Waals surface area contributed by atoms with E-state index in [1.54, 1.807) is 6.08 Å². The first kappa shape index (κ1) is 23.8. The number of methoxy groups -OCH3 is 1. The van der Waals surface area contributed by atoms with E-state index in [0.717, 1.165) is 51.4 Å². The molecule has 0 aromatic rings. The van der Waals surface area contributed by atoms with Crippen LogP contribution in [0.4, 0.5) is 0 Å². The Bertz CT molecular complexity index is 483. The normalized spacial score (nSPS) is 25.1. The molecular weight excluding hydrogens is 344 g/mol. The van der Waals surface area contributed by atoms with Crippen LogP contribution in [0.15, 0.2) is 12.2 Å². The van der Waals surface area contributed by atoms with Gasteiger partial charge in [-0.25, -0.2) is 0 Å². The lowest BCUT2D eigenvalue weighted by atomic mass is 9.93. The number of carbonyl (C=O) groups excluding carboxylic acids is 2. The second-order valence-electron chi connectivity index (χ2n) is 8.19. The van der Waals surface area contributed by atoms with Crippen LogP contribution in [0.5, 0.6) is 0 Å². The van der Waals surface area contributed by atoms with Crippen molar-refractivity contribution in [2.45, 2.75) is 96.2 Å². The molecule has 1 unspecified atom stereocenters. The Hall–Kier alpha value is -1.20. The molecule has 0 amide bonds. The van der Waals surface area contributed by atoms with Gasteiger partial charge in [0.15, 0.2) is 0 Å². The summed E-state index contributed by atoms with van der Waals surface area (Å²) in [7, 11) is 1.40. The van der Waals surface area contributed by atoms with Gasteiger partial charge in [-0.15, -0.1) is 0 Å². The lowest BCUT2D eigenvalue weighted by Gasteiger charge is -2.21. The second-order valence-corrected chi connectivity index (χ2v) is 8.19. The number of ether oxygens (including phenoxy) is 1. The van der Waals surface area contributed by atoms with Gasteiger partial charge in [-0.3, -0.25) is 9.59 Å². The number of aliphatic hydroxyl groups excluding tert-OH is 1. The monoisotopic (exact) mass is 382 g/mol. The smallest absolute Gasteiger partial charge is 0.305 e.